The third-order valence-electron chi connectivity index (χ3n) is 4.71. The maximum Gasteiger partial charge on any atom is 0.337 e. The summed E-state index contributed by atoms with van der Waals surface area (Å²) in [6.45, 7) is 1.88. The second-order valence-electron chi connectivity index (χ2n) is 7.01. The number of hydrogen-bond acceptors (Lipinski definition) is 7. The molecule has 0 aliphatic heterocycles. The highest BCUT2D eigenvalue weighted by Gasteiger charge is 2.20. The van der Waals surface area contributed by atoms with E-state index in [-0.39, 0.29) is 17.2 Å². The van der Waals surface area contributed by atoms with Crippen LogP contribution < -0.4 is 14.5 Å². The Bertz CT molecular complexity index is 1110. The number of rotatable bonds is 11. The van der Waals surface area contributed by atoms with Crippen LogP contribution in [0.15, 0.2) is 78.9 Å². The molecule has 3 rings (SSSR count). The first kappa shape index (κ1) is 24.0. The van der Waals surface area contributed by atoms with E-state index in [0.717, 1.165) is 5.56 Å². The fourth-order valence-electron chi connectivity index (χ4n) is 2.97. The zero-order valence-electron chi connectivity index (χ0n) is 17.8. The summed E-state index contributed by atoms with van der Waals surface area (Å²) in [6.07, 6.45) is 1.06. The average Bonchev–Trinajstić information content (AvgIpc) is 2.83. The summed E-state index contributed by atoms with van der Waals surface area (Å²) in [4.78, 5) is 27.7. The van der Waals surface area contributed by atoms with Crippen LogP contribution in [0.5, 0.6) is 17.2 Å². The van der Waals surface area contributed by atoms with Gasteiger partial charge in [0.05, 0.1) is 10.8 Å². The molecule has 3 aromatic carbocycles. The quantitative estimate of drug-likeness (QED) is 0.223. The lowest BCUT2D eigenvalue weighted by Crippen LogP contribution is -2.24. The fraction of sp³-hybridized carbons (Fsp3) is 0.174. The molecule has 0 saturated carbocycles. The van der Waals surface area contributed by atoms with E-state index in [0.29, 0.717) is 18.6 Å². The maximum absolute atomic E-state index is 12.4. The Morgan fingerprint density at radius 3 is 2.27 bits per heavy atom. The molecule has 1 unspecified atom stereocenters. The highest BCUT2D eigenvalue weighted by Crippen LogP contribution is 2.36. The van der Waals surface area contributed by atoms with Crippen molar-refractivity contribution in [3.8, 4) is 17.2 Å². The Labute approximate surface area is 191 Å². The first-order valence-electron chi connectivity index (χ1n) is 10.2. The molecule has 0 heterocycles. The molecule has 0 aromatic heterocycles. The summed E-state index contributed by atoms with van der Waals surface area (Å²) < 4.78 is 23.4. The van der Waals surface area contributed by atoms with Crippen LogP contribution in [0.25, 0.3) is 0 Å². The molecule has 9 nitrogen and oxygen atoms in total. The van der Waals surface area contributed by atoms with Crippen LogP contribution in [0.1, 0.15) is 18.9 Å². The molecule has 0 saturated heterocycles. The lowest BCUT2D eigenvalue weighted by molar-refractivity contribution is -0.384. The van der Waals surface area contributed by atoms with Gasteiger partial charge in [0.15, 0.2) is 11.5 Å². The molecule has 0 amide bonds. The van der Waals surface area contributed by atoms with Crippen molar-refractivity contribution in [3.63, 3.8) is 0 Å². The molecule has 0 radical (unpaired) electrons. The smallest absolute Gasteiger partial charge is 0.337 e. The highest BCUT2D eigenvalue weighted by atomic mass is 31.1. The summed E-state index contributed by atoms with van der Waals surface area (Å²) >= 11 is 0. The van der Waals surface area contributed by atoms with E-state index in [2.05, 4.69) is 5.25 Å². The van der Waals surface area contributed by atoms with Gasteiger partial charge in [-0.1, -0.05) is 54.6 Å². The number of nitro groups is 1. The SMILES string of the molecule is CC[C@@H](Cc1ccccc1)C(=O)ON[PH](=O)Oc1ccccc1Oc1ccc([N+](=O)[O-])cc1. The lowest BCUT2D eigenvalue weighted by Gasteiger charge is -2.15. The minimum atomic E-state index is -2.99. The van der Waals surface area contributed by atoms with Crippen molar-refractivity contribution in [3.05, 3.63) is 94.5 Å². The highest BCUT2D eigenvalue weighted by molar-refractivity contribution is 7.37. The van der Waals surface area contributed by atoms with Crippen molar-refractivity contribution < 1.29 is 28.4 Å². The standard InChI is InChI=1S/C23H23N2O7P/c1-2-18(16-17-8-4-3-5-9-17)23(26)31-24-33(29)32-22-11-7-6-10-21(22)30-20-14-12-19(13-15-20)25(27)28/h3-15,18,33H,2,16H2,1H3,(H,24,29)/t18-/m0/s1. The number of nitro benzene ring substituents is 1. The molecular weight excluding hydrogens is 447 g/mol. The molecule has 0 fully saturated rings. The van der Waals surface area contributed by atoms with E-state index in [9.17, 15) is 19.5 Å². The zero-order chi connectivity index (χ0) is 23.6. The van der Waals surface area contributed by atoms with E-state index in [1.54, 1.807) is 18.2 Å². The van der Waals surface area contributed by atoms with Crippen molar-refractivity contribution in [1.82, 2.24) is 5.25 Å². The van der Waals surface area contributed by atoms with Crippen molar-refractivity contribution >= 4 is 19.8 Å². The Kier molecular flexibility index (Phi) is 8.57. The van der Waals surface area contributed by atoms with E-state index in [4.69, 9.17) is 14.1 Å². The Morgan fingerprint density at radius 1 is 1.00 bits per heavy atom. The van der Waals surface area contributed by atoms with Gasteiger partial charge < -0.3 is 14.1 Å². The van der Waals surface area contributed by atoms with Crippen LogP contribution in [0.2, 0.25) is 0 Å². The predicted octanol–water partition coefficient (Wildman–Crippen LogP) is 5.47. The summed E-state index contributed by atoms with van der Waals surface area (Å²) in [6, 6.07) is 21.5. The van der Waals surface area contributed by atoms with Gasteiger partial charge in [-0.15, -0.1) is 0 Å². The van der Waals surface area contributed by atoms with E-state index < -0.39 is 25.0 Å². The van der Waals surface area contributed by atoms with Crippen LogP contribution in [0.3, 0.4) is 0 Å². The van der Waals surface area contributed by atoms with E-state index in [1.165, 1.54) is 30.3 Å². The van der Waals surface area contributed by atoms with Gasteiger partial charge in [-0.25, -0.2) is 0 Å². The van der Waals surface area contributed by atoms with Crippen molar-refractivity contribution in [2.24, 2.45) is 5.92 Å². The van der Waals surface area contributed by atoms with Crippen LogP contribution in [-0.4, -0.2) is 10.9 Å². The molecule has 0 aliphatic rings. The van der Waals surface area contributed by atoms with Crippen LogP contribution in [-0.2, 0) is 20.6 Å². The molecule has 33 heavy (non-hydrogen) atoms. The van der Waals surface area contributed by atoms with Crippen LogP contribution >= 0.6 is 8.18 Å². The van der Waals surface area contributed by atoms with E-state index in [1.807, 2.05) is 37.3 Å². The Balaban J connectivity index is 1.57. The topological polar surface area (TPSA) is 117 Å². The minimum absolute atomic E-state index is 0.0689. The Morgan fingerprint density at radius 2 is 1.64 bits per heavy atom. The first-order chi connectivity index (χ1) is 16.0. The summed E-state index contributed by atoms with van der Waals surface area (Å²) in [5.41, 5.74) is 0.933. The summed E-state index contributed by atoms with van der Waals surface area (Å²) in [5.74, 6) is -0.193. The van der Waals surface area contributed by atoms with Gasteiger partial charge in [0.2, 0.25) is 0 Å². The number of hydrogen-bond donors (Lipinski definition) is 1. The monoisotopic (exact) mass is 470 g/mol. The molecule has 0 spiro atoms. The molecule has 0 bridgehead atoms. The van der Waals surface area contributed by atoms with Gasteiger partial charge in [-0.2, -0.15) is 0 Å². The number of nitrogens with zero attached hydrogens (tertiary/aromatic N) is 1. The van der Waals surface area contributed by atoms with Gasteiger partial charge >= 0.3 is 14.1 Å². The van der Waals surface area contributed by atoms with Gasteiger partial charge in [0.25, 0.3) is 5.69 Å². The summed E-state index contributed by atoms with van der Waals surface area (Å²) in [5, 5.41) is 13.0. The molecule has 2 atom stereocenters. The lowest BCUT2D eigenvalue weighted by atomic mass is 9.97. The molecule has 10 heteroatoms. The zero-order valence-corrected chi connectivity index (χ0v) is 18.8. The van der Waals surface area contributed by atoms with Gasteiger partial charge in [0.1, 0.15) is 5.75 Å². The first-order valence-corrected chi connectivity index (χ1v) is 11.5. The van der Waals surface area contributed by atoms with Crippen molar-refractivity contribution in [2.75, 3.05) is 0 Å². The second-order valence-corrected chi connectivity index (χ2v) is 7.99. The third kappa shape index (κ3) is 7.17. The van der Waals surface area contributed by atoms with E-state index >= 15 is 0 Å². The molecule has 0 aliphatic carbocycles. The maximum atomic E-state index is 12.4. The fourth-order valence-corrected chi connectivity index (χ4v) is 3.56. The third-order valence-corrected chi connectivity index (χ3v) is 5.39. The largest absolute Gasteiger partial charge is 0.453 e. The number of benzene rings is 3. The minimum Gasteiger partial charge on any atom is -0.453 e. The predicted molar refractivity (Wildman–Crippen MR) is 122 cm³/mol. The molecular formula is C23H23N2O7P. The number of carbonyl (C=O) groups is 1. The van der Waals surface area contributed by atoms with Gasteiger partial charge in [-0.3, -0.25) is 19.5 Å². The number of non-ortho nitro benzene ring substituents is 1. The van der Waals surface area contributed by atoms with Crippen molar-refractivity contribution in [2.45, 2.75) is 19.8 Å². The number of carbonyl (C=O) groups excluding carboxylic acids is 1. The summed E-state index contributed by atoms with van der Waals surface area (Å²) in [7, 11) is -2.99. The number of ether oxygens (including phenoxy) is 1. The second kappa shape index (κ2) is 11.8. The van der Waals surface area contributed by atoms with Crippen molar-refractivity contribution in [1.29, 1.82) is 0 Å². The van der Waals surface area contributed by atoms with Gasteiger partial charge in [-0.05, 0) is 42.7 Å². The Hall–Kier alpha value is -3.68. The number of para-hydroxylation sites is 2. The van der Waals surface area contributed by atoms with Gasteiger partial charge in [0, 0.05) is 12.1 Å². The average molecular weight is 470 g/mol. The van der Waals surface area contributed by atoms with Crippen LogP contribution in [0, 0.1) is 16.0 Å². The molecule has 172 valence electrons. The molecule has 3 aromatic rings. The number of nitrogens with one attached hydrogen (secondary N) is 1. The normalized spacial score (nSPS) is 12.4. The van der Waals surface area contributed by atoms with Crippen LogP contribution in [0.4, 0.5) is 5.69 Å². The molecule has 1 N–H and O–H groups in total.